The highest BCUT2D eigenvalue weighted by atomic mass is 16.6. The molecule has 2 aliphatic rings. The van der Waals surface area contributed by atoms with Gasteiger partial charge in [-0.05, 0) is 44.9 Å². The van der Waals surface area contributed by atoms with Crippen molar-refractivity contribution in [2.45, 2.75) is 50.8 Å². The average Bonchev–Trinajstić information content (AvgIpc) is 3.24. The highest BCUT2D eigenvalue weighted by molar-refractivity contribution is 6.22. The van der Waals surface area contributed by atoms with Crippen molar-refractivity contribution in [1.29, 1.82) is 0 Å². The van der Waals surface area contributed by atoms with Crippen LogP contribution in [-0.2, 0) is 16.0 Å². The van der Waals surface area contributed by atoms with Gasteiger partial charge in [0.25, 0.3) is 11.8 Å². The van der Waals surface area contributed by atoms with Crippen LogP contribution >= 0.6 is 0 Å². The van der Waals surface area contributed by atoms with Crippen molar-refractivity contribution in [3.63, 3.8) is 0 Å². The molecule has 0 unspecified atom stereocenters. The number of carbonyl (C=O) groups excluding carboxylic acids is 3. The van der Waals surface area contributed by atoms with Gasteiger partial charge in [-0.15, -0.1) is 0 Å². The van der Waals surface area contributed by atoms with Crippen molar-refractivity contribution in [3.8, 4) is 0 Å². The standard InChI is InChI=1S/C25H26N2O6/c1-24(2,3)33-23(32)26-14-13-19(25(26,22(30)31)15-16-9-5-4-6-10-16)27-20(28)17-11-7-8-12-18(17)21(27)29/h4-12,19H,13-15H2,1-3H3,(H,30,31)/t19-,25+/m1/s1. The van der Waals surface area contributed by atoms with Gasteiger partial charge < -0.3 is 9.84 Å². The molecular formula is C25H26N2O6. The third-order valence-corrected chi connectivity index (χ3v) is 6.10. The summed E-state index contributed by atoms with van der Waals surface area (Å²) in [4.78, 5) is 54.8. The number of ether oxygens (including phenoxy) is 1. The molecular weight excluding hydrogens is 424 g/mol. The van der Waals surface area contributed by atoms with Gasteiger partial charge in [-0.3, -0.25) is 19.4 Å². The van der Waals surface area contributed by atoms with Crippen LogP contribution in [0.15, 0.2) is 54.6 Å². The lowest BCUT2D eigenvalue weighted by atomic mass is 9.83. The molecule has 0 spiro atoms. The second-order valence-electron chi connectivity index (χ2n) is 9.35. The fourth-order valence-electron chi connectivity index (χ4n) is 4.73. The van der Waals surface area contributed by atoms with E-state index in [0.29, 0.717) is 5.56 Å². The Kier molecular flexibility index (Phi) is 5.47. The molecule has 2 heterocycles. The monoisotopic (exact) mass is 450 g/mol. The van der Waals surface area contributed by atoms with Crippen LogP contribution in [0.5, 0.6) is 0 Å². The van der Waals surface area contributed by atoms with E-state index in [2.05, 4.69) is 0 Å². The summed E-state index contributed by atoms with van der Waals surface area (Å²) in [6, 6.07) is 14.2. The van der Waals surface area contributed by atoms with Crippen LogP contribution in [0.4, 0.5) is 4.79 Å². The van der Waals surface area contributed by atoms with E-state index in [1.807, 2.05) is 0 Å². The Bertz CT molecular complexity index is 1090. The maximum Gasteiger partial charge on any atom is 0.411 e. The molecule has 172 valence electrons. The zero-order chi connectivity index (χ0) is 24.0. The van der Waals surface area contributed by atoms with Crippen molar-refractivity contribution in [2.24, 2.45) is 0 Å². The lowest BCUT2D eigenvalue weighted by molar-refractivity contribution is -0.151. The number of imide groups is 1. The quantitative estimate of drug-likeness (QED) is 0.717. The van der Waals surface area contributed by atoms with Crippen LogP contribution in [0.2, 0.25) is 0 Å². The Labute approximate surface area is 191 Å². The number of fused-ring (bicyclic) bond motifs is 1. The van der Waals surface area contributed by atoms with Crippen LogP contribution in [0.25, 0.3) is 0 Å². The number of rotatable bonds is 4. The molecule has 4 rings (SSSR count). The molecule has 33 heavy (non-hydrogen) atoms. The first-order valence-corrected chi connectivity index (χ1v) is 10.8. The normalized spacial score (nSPS) is 22.5. The van der Waals surface area contributed by atoms with Crippen LogP contribution in [0.1, 0.15) is 53.5 Å². The largest absolute Gasteiger partial charge is 0.479 e. The minimum atomic E-state index is -1.88. The van der Waals surface area contributed by atoms with E-state index in [0.717, 1.165) is 4.90 Å². The number of carbonyl (C=O) groups is 4. The number of hydrogen-bond donors (Lipinski definition) is 1. The molecule has 3 amide bonds. The van der Waals surface area contributed by atoms with E-state index in [1.54, 1.807) is 75.4 Å². The van der Waals surface area contributed by atoms with Gasteiger partial charge >= 0.3 is 12.1 Å². The van der Waals surface area contributed by atoms with E-state index >= 15 is 0 Å². The summed E-state index contributed by atoms with van der Waals surface area (Å²) >= 11 is 0. The third-order valence-electron chi connectivity index (χ3n) is 6.10. The van der Waals surface area contributed by atoms with Crippen molar-refractivity contribution in [1.82, 2.24) is 9.80 Å². The fraction of sp³-hybridized carbons (Fsp3) is 0.360. The molecule has 2 aromatic rings. The van der Waals surface area contributed by atoms with Crippen LogP contribution < -0.4 is 0 Å². The number of aliphatic carboxylic acids is 1. The Morgan fingerprint density at radius 3 is 2.06 bits per heavy atom. The molecule has 2 aromatic carbocycles. The van der Waals surface area contributed by atoms with Gasteiger partial charge in [0.1, 0.15) is 5.60 Å². The predicted molar refractivity (Wildman–Crippen MR) is 119 cm³/mol. The summed E-state index contributed by atoms with van der Waals surface area (Å²) in [5.74, 6) is -2.40. The molecule has 0 bridgehead atoms. The van der Waals surface area contributed by atoms with Gasteiger partial charge in [0, 0.05) is 13.0 Å². The number of hydrogen-bond acceptors (Lipinski definition) is 5. The smallest absolute Gasteiger partial charge is 0.411 e. The lowest BCUT2D eigenvalue weighted by Gasteiger charge is -2.41. The maximum atomic E-state index is 13.2. The molecule has 0 aromatic heterocycles. The highest BCUT2D eigenvalue weighted by Gasteiger charge is 2.62. The second kappa shape index (κ2) is 8.03. The first-order valence-electron chi connectivity index (χ1n) is 10.8. The maximum absolute atomic E-state index is 13.2. The molecule has 1 saturated heterocycles. The van der Waals surface area contributed by atoms with Crippen molar-refractivity contribution < 1.29 is 29.0 Å². The van der Waals surface area contributed by atoms with E-state index in [9.17, 15) is 24.3 Å². The summed E-state index contributed by atoms with van der Waals surface area (Å²) in [5, 5.41) is 10.6. The number of nitrogens with zero attached hydrogens (tertiary/aromatic N) is 2. The third kappa shape index (κ3) is 3.75. The molecule has 0 saturated carbocycles. The average molecular weight is 450 g/mol. The van der Waals surface area contributed by atoms with Gasteiger partial charge in [-0.25, -0.2) is 9.59 Å². The highest BCUT2D eigenvalue weighted by Crippen LogP contribution is 2.41. The second-order valence-corrected chi connectivity index (χ2v) is 9.35. The molecule has 8 heteroatoms. The molecule has 2 aliphatic heterocycles. The fourth-order valence-corrected chi connectivity index (χ4v) is 4.73. The minimum Gasteiger partial charge on any atom is -0.479 e. The topological polar surface area (TPSA) is 104 Å². The van der Waals surface area contributed by atoms with Gasteiger partial charge in [0.2, 0.25) is 0 Å². The number of benzene rings is 2. The van der Waals surface area contributed by atoms with E-state index in [1.165, 1.54) is 4.90 Å². The predicted octanol–water partition coefficient (Wildman–Crippen LogP) is 3.36. The molecule has 2 atom stereocenters. The van der Waals surface area contributed by atoms with E-state index < -0.39 is 41.1 Å². The van der Waals surface area contributed by atoms with E-state index in [4.69, 9.17) is 4.74 Å². The molecule has 0 aliphatic carbocycles. The van der Waals surface area contributed by atoms with Gasteiger partial charge in [0.15, 0.2) is 5.54 Å². The van der Waals surface area contributed by atoms with Crippen molar-refractivity contribution >= 4 is 23.9 Å². The van der Waals surface area contributed by atoms with Crippen LogP contribution in [0, 0.1) is 0 Å². The number of likely N-dealkylation sites (tertiary alicyclic amines) is 1. The first kappa shape index (κ1) is 22.5. The molecule has 1 fully saturated rings. The Morgan fingerprint density at radius 2 is 1.55 bits per heavy atom. The Balaban J connectivity index is 1.82. The summed E-state index contributed by atoms with van der Waals surface area (Å²) in [6.45, 7) is 5.12. The summed E-state index contributed by atoms with van der Waals surface area (Å²) < 4.78 is 5.53. The van der Waals surface area contributed by atoms with Crippen molar-refractivity contribution in [2.75, 3.05) is 6.54 Å². The SMILES string of the molecule is CC(C)(C)OC(=O)N1CC[C@@H](N2C(=O)c3ccccc3C2=O)[C@@]1(Cc1ccccc1)C(=O)O. The van der Waals surface area contributed by atoms with Crippen LogP contribution in [0.3, 0.4) is 0 Å². The van der Waals surface area contributed by atoms with Gasteiger partial charge in [0.05, 0.1) is 17.2 Å². The Hall–Kier alpha value is -3.68. The number of amides is 3. The first-order chi connectivity index (χ1) is 15.6. The summed E-state index contributed by atoms with van der Waals surface area (Å²) in [7, 11) is 0. The number of carboxylic acid groups (broad SMARTS) is 1. The lowest BCUT2D eigenvalue weighted by Crippen LogP contribution is -2.65. The summed E-state index contributed by atoms with van der Waals surface area (Å²) in [6.07, 6.45) is -0.746. The zero-order valence-corrected chi connectivity index (χ0v) is 18.8. The zero-order valence-electron chi connectivity index (χ0n) is 18.8. The van der Waals surface area contributed by atoms with Gasteiger partial charge in [-0.2, -0.15) is 0 Å². The van der Waals surface area contributed by atoms with E-state index in [-0.39, 0.29) is 30.5 Å². The van der Waals surface area contributed by atoms with Gasteiger partial charge in [-0.1, -0.05) is 42.5 Å². The molecule has 8 nitrogen and oxygen atoms in total. The molecule has 1 N–H and O–H groups in total. The van der Waals surface area contributed by atoms with Crippen LogP contribution in [-0.4, -0.2) is 62.5 Å². The number of carboxylic acids is 1. The minimum absolute atomic E-state index is 0.0338. The molecule has 0 radical (unpaired) electrons. The summed E-state index contributed by atoms with van der Waals surface area (Å²) in [5.41, 5.74) is -1.59. The Morgan fingerprint density at radius 1 is 1.00 bits per heavy atom. The van der Waals surface area contributed by atoms with Crippen molar-refractivity contribution in [3.05, 3.63) is 71.3 Å².